The number of hydrogen-bond acceptors (Lipinski definition) is 4. The molecule has 0 saturated heterocycles. The Labute approximate surface area is 122 Å². The zero-order valence-corrected chi connectivity index (χ0v) is 11.9. The van der Waals surface area contributed by atoms with Crippen molar-refractivity contribution in [2.75, 3.05) is 5.43 Å². The first kappa shape index (κ1) is 13.2. The molecule has 21 heavy (non-hydrogen) atoms. The summed E-state index contributed by atoms with van der Waals surface area (Å²) in [6.07, 6.45) is 1.70. The summed E-state index contributed by atoms with van der Waals surface area (Å²) in [5.41, 5.74) is 7.33. The molecule has 0 fully saturated rings. The van der Waals surface area contributed by atoms with Gasteiger partial charge in [-0.25, -0.2) is 10.4 Å². The molecule has 0 aliphatic rings. The number of aromatic nitrogens is 2. The minimum Gasteiger partial charge on any atom is -0.507 e. The maximum Gasteiger partial charge on any atom is 0.222 e. The van der Waals surface area contributed by atoms with Crippen LogP contribution in [0.5, 0.6) is 5.75 Å². The Kier molecular flexibility index (Phi) is 3.31. The largest absolute Gasteiger partial charge is 0.507 e. The van der Waals surface area contributed by atoms with Crippen LogP contribution >= 0.6 is 0 Å². The van der Waals surface area contributed by atoms with Crippen LogP contribution in [-0.2, 0) is 0 Å². The van der Waals surface area contributed by atoms with Gasteiger partial charge in [0.1, 0.15) is 5.75 Å². The van der Waals surface area contributed by atoms with Gasteiger partial charge in [0.15, 0.2) is 0 Å². The monoisotopic (exact) mass is 280 g/mol. The number of nitrogens with zero attached hydrogens (tertiary/aromatic N) is 2. The van der Waals surface area contributed by atoms with E-state index in [0.29, 0.717) is 11.7 Å². The number of hydrogen-bond donors (Lipinski definition) is 3. The average molecular weight is 280 g/mol. The Morgan fingerprint density at radius 1 is 1.19 bits per heavy atom. The summed E-state index contributed by atoms with van der Waals surface area (Å²) in [6.45, 7) is 3.73. The Balaban J connectivity index is 1.77. The van der Waals surface area contributed by atoms with Gasteiger partial charge in [-0.2, -0.15) is 5.10 Å². The van der Waals surface area contributed by atoms with Crippen LogP contribution in [0.25, 0.3) is 11.0 Å². The van der Waals surface area contributed by atoms with Crippen molar-refractivity contribution in [2.45, 2.75) is 13.8 Å². The van der Waals surface area contributed by atoms with Crippen LogP contribution in [0.2, 0.25) is 0 Å². The van der Waals surface area contributed by atoms with Crippen molar-refractivity contribution in [1.82, 2.24) is 9.97 Å². The van der Waals surface area contributed by atoms with Crippen molar-refractivity contribution in [2.24, 2.45) is 5.10 Å². The summed E-state index contributed by atoms with van der Waals surface area (Å²) in [6, 6.07) is 11.6. The van der Waals surface area contributed by atoms with E-state index in [4.69, 9.17) is 0 Å². The SMILES string of the molecule is Cc1cc(/C=N/Nc2nc3ccccc3[nH]2)cc(C)c1O. The summed E-state index contributed by atoms with van der Waals surface area (Å²) in [5.74, 6) is 0.928. The van der Waals surface area contributed by atoms with Gasteiger partial charge < -0.3 is 10.1 Å². The molecule has 2 aromatic carbocycles. The lowest BCUT2D eigenvalue weighted by molar-refractivity contribution is 0.467. The van der Waals surface area contributed by atoms with Gasteiger partial charge in [0.25, 0.3) is 0 Å². The summed E-state index contributed by atoms with van der Waals surface area (Å²) in [4.78, 5) is 7.51. The van der Waals surface area contributed by atoms with E-state index in [1.165, 1.54) is 0 Å². The topological polar surface area (TPSA) is 73.3 Å². The van der Waals surface area contributed by atoms with Gasteiger partial charge in [0.05, 0.1) is 17.2 Å². The lowest BCUT2D eigenvalue weighted by Crippen LogP contribution is -1.93. The molecular formula is C16H16N4O. The predicted molar refractivity (Wildman–Crippen MR) is 84.9 cm³/mol. The number of fused-ring (bicyclic) bond motifs is 1. The van der Waals surface area contributed by atoms with Crippen molar-refractivity contribution in [3.05, 3.63) is 53.1 Å². The van der Waals surface area contributed by atoms with Gasteiger partial charge in [-0.05, 0) is 54.8 Å². The van der Waals surface area contributed by atoms with E-state index in [-0.39, 0.29) is 0 Å². The standard InChI is InChI=1S/C16H16N4O/c1-10-7-12(8-11(2)15(10)21)9-17-20-16-18-13-5-3-4-6-14(13)19-16/h3-9,21H,1-2H3,(H2,18,19,20)/b17-9+. The third-order valence-electron chi connectivity index (χ3n) is 3.29. The molecular weight excluding hydrogens is 264 g/mol. The normalized spacial score (nSPS) is 11.3. The molecule has 0 saturated carbocycles. The van der Waals surface area contributed by atoms with Gasteiger partial charge in [-0.15, -0.1) is 0 Å². The molecule has 5 nitrogen and oxygen atoms in total. The lowest BCUT2D eigenvalue weighted by Gasteiger charge is -2.04. The molecule has 0 aliphatic carbocycles. The highest BCUT2D eigenvalue weighted by molar-refractivity contribution is 5.82. The number of phenolic OH excluding ortho intramolecular Hbond substituents is 1. The molecule has 3 aromatic rings. The molecule has 3 rings (SSSR count). The Bertz CT molecular complexity index is 764. The molecule has 0 radical (unpaired) electrons. The van der Waals surface area contributed by atoms with Crippen LogP contribution < -0.4 is 5.43 Å². The van der Waals surface area contributed by atoms with E-state index < -0.39 is 0 Å². The Morgan fingerprint density at radius 3 is 2.62 bits per heavy atom. The number of aromatic amines is 1. The molecule has 106 valence electrons. The summed E-state index contributed by atoms with van der Waals surface area (Å²) < 4.78 is 0. The number of aryl methyl sites for hydroxylation is 2. The van der Waals surface area contributed by atoms with Crippen LogP contribution in [0.1, 0.15) is 16.7 Å². The van der Waals surface area contributed by atoms with Gasteiger partial charge in [-0.1, -0.05) is 12.1 Å². The molecule has 0 bridgehead atoms. The first-order valence-corrected chi connectivity index (χ1v) is 6.67. The van der Waals surface area contributed by atoms with Gasteiger partial charge in [0, 0.05) is 0 Å². The first-order chi connectivity index (χ1) is 10.1. The van der Waals surface area contributed by atoms with Crippen molar-refractivity contribution in [3.63, 3.8) is 0 Å². The molecule has 0 atom stereocenters. The second-order valence-corrected chi connectivity index (χ2v) is 4.98. The number of nitrogens with one attached hydrogen (secondary N) is 2. The minimum absolute atomic E-state index is 0.331. The fraction of sp³-hybridized carbons (Fsp3) is 0.125. The second-order valence-electron chi connectivity index (χ2n) is 4.98. The van der Waals surface area contributed by atoms with Gasteiger partial charge >= 0.3 is 0 Å². The highest BCUT2D eigenvalue weighted by atomic mass is 16.3. The number of hydrazone groups is 1. The highest BCUT2D eigenvalue weighted by Crippen LogP contribution is 2.22. The van der Waals surface area contributed by atoms with Crippen LogP contribution in [0, 0.1) is 13.8 Å². The molecule has 3 N–H and O–H groups in total. The molecule has 5 heteroatoms. The highest BCUT2D eigenvalue weighted by Gasteiger charge is 2.02. The predicted octanol–water partition coefficient (Wildman–Crippen LogP) is 3.33. The number of H-pyrrole nitrogens is 1. The van der Waals surface area contributed by atoms with Crippen molar-refractivity contribution < 1.29 is 5.11 Å². The maximum atomic E-state index is 9.74. The molecule has 0 unspecified atom stereocenters. The number of phenols is 1. The Morgan fingerprint density at radius 2 is 1.90 bits per heavy atom. The fourth-order valence-electron chi connectivity index (χ4n) is 2.24. The number of aromatic hydroxyl groups is 1. The van der Waals surface area contributed by atoms with E-state index in [1.807, 2.05) is 50.2 Å². The maximum absolute atomic E-state index is 9.74. The van der Waals surface area contributed by atoms with Crippen LogP contribution in [0.4, 0.5) is 5.95 Å². The number of rotatable bonds is 3. The molecule has 0 spiro atoms. The summed E-state index contributed by atoms with van der Waals surface area (Å²) in [5, 5.41) is 13.9. The van der Waals surface area contributed by atoms with E-state index >= 15 is 0 Å². The molecule has 1 aromatic heterocycles. The molecule has 0 aliphatic heterocycles. The average Bonchev–Trinajstić information content (AvgIpc) is 2.87. The fourth-order valence-corrected chi connectivity index (χ4v) is 2.24. The van der Waals surface area contributed by atoms with Crippen molar-refractivity contribution in [3.8, 4) is 5.75 Å². The quantitative estimate of drug-likeness (QED) is 0.509. The van der Waals surface area contributed by atoms with E-state index in [2.05, 4.69) is 20.5 Å². The Hall–Kier alpha value is -2.82. The minimum atomic E-state index is 0.331. The van der Waals surface area contributed by atoms with Crippen molar-refractivity contribution >= 4 is 23.2 Å². The van der Waals surface area contributed by atoms with E-state index in [0.717, 1.165) is 27.7 Å². The first-order valence-electron chi connectivity index (χ1n) is 6.67. The molecule has 1 heterocycles. The zero-order chi connectivity index (χ0) is 14.8. The molecule has 0 amide bonds. The van der Waals surface area contributed by atoms with E-state index in [1.54, 1.807) is 6.21 Å². The van der Waals surface area contributed by atoms with Crippen molar-refractivity contribution in [1.29, 1.82) is 0 Å². The smallest absolute Gasteiger partial charge is 0.222 e. The zero-order valence-electron chi connectivity index (χ0n) is 11.9. The number of benzene rings is 2. The lowest BCUT2D eigenvalue weighted by atomic mass is 10.1. The van der Waals surface area contributed by atoms with Gasteiger partial charge in [-0.3, -0.25) is 0 Å². The van der Waals surface area contributed by atoms with Crippen LogP contribution in [0.15, 0.2) is 41.5 Å². The number of para-hydroxylation sites is 2. The van der Waals surface area contributed by atoms with Gasteiger partial charge in [0.2, 0.25) is 5.95 Å². The number of imidazole rings is 1. The van der Waals surface area contributed by atoms with E-state index in [9.17, 15) is 5.11 Å². The van der Waals surface area contributed by atoms with Crippen LogP contribution in [-0.4, -0.2) is 21.3 Å². The third kappa shape index (κ3) is 2.72. The third-order valence-corrected chi connectivity index (χ3v) is 3.29. The summed E-state index contributed by atoms with van der Waals surface area (Å²) in [7, 11) is 0. The summed E-state index contributed by atoms with van der Waals surface area (Å²) >= 11 is 0. The van der Waals surface area contributed by atoms with Crippen LogP contribution in [0.3, 0.4) is 0 Å². The second kappa shape index (κ2) is 5.28. The number of anilines is 1.